The number of halogens is 3. The number of benzene rings is 3. The number of nitrogens with zero attached hydrogens (tertiary/aromatic N) is 1. The molecule has 1 unspecified atom stereocenters. The van der Waals surface area contributed by atoms with E-state index in [0.29, 0.717) is 42.0 Å². The van der Waals surface area contributed by atoms with Crippen LogP contribution in [0.5, 0.6) is 0 Å². The zero-order valence-electron chi connectivity index (χ0n) is 18.0. The highest BCUT2D eigenvalue weighted by molar-refractivity contribution is 9.10. The van der Waals surface area contributed by atoms with E-state index in [4.69, 9.17) is 32.7 Å². The van der Waals surface area contributed by atoms with E-state index in [1.54, 1.807) is 4.90 Å². The number of hydrogen-bond donors (Lipinski definition) is 0. The van der Waals surface area contributed by atoms with E-state index in [2.05, 4.69) is 22.9 Å². The summed E-state index contributed by atoms with van der Waals surface area (Å²) in [7, 11) is 0. The Morgan fingerprint density at radius 1 is 1.00 bits per heavy atom. The number of hydrogen-bond acceptors (Lipinski definition) is 3. The summed E-state index contributed by atoms with van der Waals surface area (Å²) in [5.41, 5.74) is 2.03. The summed E-state index contributed by atoms with van der Waals surface area (Å²) >= 11 is 15.8. The van der Waals surface area contributed by atoms with E-state index >= 15 is 0 Å². The van der Waals surface area contributed by atoms with Crippen molar-refractivity contribution in [3.8, 4) is 0 Å². The first-order valence-electron chi connectivity index (χ1n) is 10.6. The fraction of sp³-hybridized carbons (Fsp3) is 0.269. The Kier molecular flexibility index (Phi) is 6.04. The van der Waals surface area contributed by atoms with Crippen molar-refractivity contribution in [3.05, 3.63) is 104 Å². The molecule has 0 radical (unpaired) electrons. The molecule has 2 aliphatic heterocycles. The van der Waals surface area contributed by atoms with Crippen LogP contribution < -0.4 is 0 Å². The fourth-order valence-corrected chi connectivity index (χ4v) is 5.03. The van der Waals surface area contributed by atoms with Crippen LogP contribution in [0.3, 0.4) is 0 Å². The maximum atomic E-state index is 13.8. The van der Waals surface area contributed by atoms with Gasteiger partial charge in [-0.25, -0.2) is 0 Å². The largest absolute Gasteiger partial charge is 0.380 e. The van der Waals surface area contributed by atoms with Crippen molar-refractivity contribution >= 4 is 45.0 Å². The van der Waals surface area contributed by atoms with Gasteiger partial charge in [0.05, 0.1) is 19.8 Å². The minimum atomic E-state index is -1.10. The second-order valence-electron chi connectivity index (χ2n) is 8.95. The Bertz CT molecular complexity index is 1200. The molecule has 2 aliphatic rings. The number of rotatable bonds is 6. The number of fused-ring (bicyclic) bond motifs is 1. The van der Waals surface area contributed by atoms with Crippen LogP contribution in [-0.4, -0.2) is 30.6 Å². The molecule has 0 aromatic heterocycles. The van der Waals surface area contributed by atoms with E-state index < -0.39 is 5.72 Å². The van der Waals surface area contributed by atoms with E-state index in [1.165, 1.54) is 0 Å². The Balaban J connectivity index is 1.67. The van der Waals surface area contributed by atoms with Crippen LogP contribution in [0.2, 0.25) is 10.0 Å². The van der Waals surface area contributed by atoms with Crippen molar-refractivity contribution in [1.29, 1.82) is 0 Å². The van der Waals surface area contributed by atoms with E-state index in [9.17, 15) is 4.79 Å². The molecule has 1 fully saturated rings. The molecule has 33 heavy (non-hydrogen) atoms. The van der Waals surface area contributed by atoms with Gasteiger partial charge in [0.15, 0.2) is 5.72 Å². The van der Waals surface area contributed by atoms with Gasteiger partial charge in [-0.15, -0.1) is 0 Å². The molecule has 0 saturated carbocycles. The molecule has 7 heteroatoms. The Morgan fingerprint density at radius 2 is 1.64 bits per heavy atom. The second kappa shape index (κ2) is 8.71. The lowest BCUT2D eigenvalue weighted by atomic mass is 9.88. The molecule has 0 aliphatic carbocycles. The van der Waals surface area contributed by atoms with Crippen molar-refractivity contribution < 1.29 is 14.3 Å². The standard InChI is InChI=1S/C26H22BrCl2NO3/c1-25(14-32-15-25)16-33-26(18-4-9-21(29)10-5-18)23-11-6-19(27)12-22(23)24(31)30(26)13-17-2-7-20(28)8-3-17/h2-12H,13-16H2,1H3. The van der Waals surface area contributed by atoms with Crippen molar-refractivity contribution in [1.82, 2.24) is 4.90 Å². The van der Waals surface area contributed by atoms with Crippen LogP contribution in [0.15, 0.2) is 71.2 Å². The van der Waals surface area contributed by atoms with Crippen LogP contribution in [0.25, 0.3) is 0 Å². The number of amides is 1. The fourth-order valence-electron chi connectivity index (χ4n) is 4.42. The van der Waals surface area contributed by atoms with Gasteiger partial charge in [0.25, 0.3) is 5.91 Å². The minimum absolute atomic E-state index is 0.0915. The Labute approximate surface area is 211 Å². The predicted molar refractivity (Wildman–Crippen MR) is 133 cm³/mol. The summed E-state index contributed by atoms with van der Waals surface area (Å²) < 4.78 is 13.1. The van der Waals surface area contributed by atoms with E-state index in [1.807, 2.05) is 66.7 Å². The number of carbonyl (C=O) groups excluding carboxylic acids is 1. The third-order valence-electron chi connectivity index (χ3n) is 6.22. The van der Waals surface area contributed by atoms with Crippen LogP contribution in [0.1, 0.15) is 34.0 Å². The molecule has 1 amide bonds. The lowest BCUT2D eigenvalue weighted by Crippen LogP contribution is -2.51. The van der Waals surface area contributed by atoms with Gasteiger partial charge in [-0.05, 0) is 42.0 Å². The minimum Gasteiger partial charge on any atom is -0.380 e. The van der Waals surface area contributed by atoms with Crippen molar-refractivity contribution in [3.63, 3.8) is 0 Å². The summed E-state index contributed by atoms with van der Waals surface area (Å²) in [5, 5.41) is 1.27. The van der Waals surface area contributed by atoms with Crippen LogP contribution >= 0.6 is 39.1 Å². The number of ether oxygens (including phenoxy) is 2. The normalized spacial score (nSPS) is 21.1. The molecule has 1 atom stereocenters. The average molecular weight is 547 g/mol. The van der Waals surface area contributed by atoms with Crippen molar-refractivity contribution in [2.45, 2.75) is 19.2 Å². The maximum Gasteiger partial charge on any atom is 0.257 e. The molecule has 1 saturated heterocycles. The summed E-state index contributed by atoms with van der Waals surface area (Å²) in [6, 6.07) is 20.8. The SMILES string of the molecule is CC1(COC2(c3ccc(Cl)cc3)c3ccc(Br)cc3C(=O)N2Cc2ccc(Cl)cc2)COC1. The lowest BCUT2D eigenvalue weighted by molar-refractivity contribution is -0.192. The second-order valence-corrected chi connectivity index (χ2v) is 10.7. The van der Waals surface area contributed by atoms with Gasteiger partial charge in [0, 0.05) is 43.2 Å². The predicted octanol–water partition coefficient (Wildman–Crippen LogP) is 6.67. The van der Waals surface area contributed by atoms with Gasteiger partial charge in [-0.3, -0.25) is 9.69 Å². The van der Waals surface area contributed by atoms with Gasteiger partial charge in [-0.2, -0.15) is 0 Å². The number of carbonyl (C=O) groups is 1. The highest BCUT2D eigenvalue weighted by atomic mass is 79.9. The zero-order valence-corrected chi connectivity index (χ0v) is 21.1. The average Bonchev–Trinajstić information content (AvgIpc) is 3.01. The summed E-state index contributed by atoms with van der Waals surface area (Å²) in [6.07, 6.45) is 0. The first-order valence-corrected chi connectivity index (χ1v) is 12.2. The topological polar surface area (TPSA) is 38.8 Å². The molecular weight excluding hydrogens is 525 g/mol. The maximum absolute atomic E-state index is 13.8. The van der Waals surface area contributed by atoms with Gasteiger partial charge in [0.2, 0.25) is 0 Å². The first kappa shape index (κ1) is 22.9. The summed E-state index contributed by atoms with van der Waals surface area (Å²) in [6.45, 7) is 4.19. The summed E-state index contributed by atoms with van der Waals surface area (Å²) in [5.74, 6) is -0.0915. The van der Waals surface area contributed by atoms with E-state index in [-0.39, 0.29) is 11.3 Å². The van der Waals surface area contributed by atoms with Crippen molar-refractivity contribution in [2.75, 3.05) is 19.8 Å². The lowest BCUT2D eigenvalue weighted by Gasteiger charge is -2.44. The van der Waals surface area contributed by atoms with E-state index in [0.717, 1.165) is 21.2 Å². The van der Waals surface area contributed by atoms with Gasteiger partial charge < -0.3 is 9.47 Å². The molecule has 2 heterocycles. The highest BCUT2D eigenvalue weighted by Gasteiger charge is 2.53. The molecular formula is C26H22BrCl2NO3. The van der Waals surface area contributed by atoms with Crippen LogP contribution in [-0.2, 0) is 21.7 Å². The third-order valence-corrected chi connectivity index (χ3v) is 7.22. The molecule has 0 bridgehead atoms. The van der Waals surface area contributed by atoms with Crippen LogP contribution in [0, 0.1) is 5.41 Å². The highest BCUT2D eigenvalue weighted by Crippen LogP contribution is 2.48. The Morgan fingerprint density at radius 3 is 2.24 bits per heavy atom. The molecule has 0 N–H and O–H groups in total. The molecule has 4 nitrogen and oxygen atoms in total. The van der Waals surface area contributed by atoms with Crippen molar-refractivity contribution in [2.24, 2.45) is 5.41 Å². The molecule has 5 rings (SSSR count). The Hall–Kier alpha value is -1.89. The quantitative estimate of drug-likeness (QED) is 0.346. The van der Waals surface area contributed by atoms with Gasteiger partial charge in [-0.1, -0.05) is 76.4 Å². The van der Waals surface area contributed by atoms with Gasteiger partial charge in [0.1, 0.15) is 0 Å². The smallest absolute Gasteiger partial charge is 0.257 e. The third kappa shape index (κ3) is 4.11. The monoisotopic (exact) mass is 545 g/mol. The van der Waals surface area contributed by atoms with Crippen LogP contribution in [0.4, 0.5) is 0 Å². The molecule has 3 aromatic rings. The molecule has 170 valence electrons. The molecule has 3 aromatic carbocycles. The summed E-state index contributed by atoms with van der Waals surface area (Å²) in [4.78, 5) is 15.6. The zero-order chi connectivity index (χ0) is 23.2. The first-order chi connectivity index (χ1) is 15.8. The molecule has 0 spiro atoms. The van der Waals surface area contributed by atoms with Gasteiger partial charge >= 0.3 is 0 Å².